The Kier molecular flexibility index (Phi) is 13.8. The second kappa shape index (κ2) is 16.2. The van der Waals surface area contributed by atoms with Crippen molar-refractivity contribution in [3.8, 4) is 0 Å². The van der Waals surface area contributed by atoms with E-state index in [4.69, 9.17) is 16.2 Å². The van der Waals surface area contributed by atoms with Gasteiger partial charge in [0.1, 0.15) is 18.7 Å². The minimum absolute atomic E-state index is 0.00915. The van der Waals surface area contributed by atoms with Gasteiger partial charge in [0, 0.05) is 0 Å². The molecule has 12 nitrogen and oxygen atoms in total. The van der Waals surface area contributed by atoms with E-state index in [2.05, 4.69) is 16.0 Å². The number of benzene rings is 1. The number of carbonyl (C=O) groups excluding carboxylic acids is 5. The molecule has 0 aliphatic carbocycles. The molecule has 1 aromatic carbocycles. The molecule has 5 atom stereocenters. The number of carbonyl (C=O) groups is 5. The van der Waals surface area contributed by atoms with Crippen molar-refractivity contribution in [3.63, 3.8) is 0 Å². The third-order valence-corrected chi connectivity index (χ3v) is 5.97. The van der Waals surface area contributed by atoms with Gasteiger partial charge >= 0.3 is 6.09 Å². The van der Waals surface area contributed by atoms with Crippen molar-refractivity contribution >= 4 is 29.7 Å². The van der Waals surface area contributed by atoms with Crippen LogP contribution in [0.4, 0.5) is 4.79 Å². The molecule has 0 heterocycles. The highest BCUT2D eigenvalue weighted by Gasteiger charge is 2.31. The molecule has 0 aromatic heterocycles. The van der Waals surface area contributed by atoms with Gasteiger partial charge in [-0.1, -0.05) is 64.4 Å². The number of ether oxygens (including phenoxy) is 1. The fourth-order valence-corrected chi connectivity index (χ4v) is 3.71. The van der Waals surface area contributed by atoms with Crippen LogP contribution < -0.4 is 27.4 Å². The maximum atomic E-state index is 13.0. The summed E-state index contributed by atoms with van der Waals surface area (Å²) in [6, 6.07) is 5.70. The summed E-state index contributed by atoms with van der Waals surface area (Å²) in [4.78, 5) is 61.1. The highest BCUT2D eigenvalue weighted by Crippen LogP contribution is 2.13. The maximum Gasteiger partial charge on any atom is 0.408 e. The lowest BCUT2D eigenvalue weighted by Crippen LogP contribution is -2.55. The molecular weight excluding hydrogens is 494 g/mol. The van der Waals surface area contributed by atoms with Crippen LogP contribution in [0, 0.1) is 11.8 Å². The number of alkyl carbamates (subject to hydrolysis) is 1. The van der Waals surface area contributed by atoms with E-state index in [1.807, 2.05) is 26.8 Å². The van der Waals surface area contributed by atoms with Crippen LogP contribution in [0.1, 0.15) is 58.9 Å². The van der Waals surface area contributed by atoms with E-state index < -0.39 is 66.8 Å². The topological polar surface area (TPSA) is 203 Å². The van der Waals surface area contributed by atoms with Crippen molar-refractivity contribution in [2.24, 2.45) is 23.3 Å². The number of rotatable bonds is 16. The first-order valence-corrected chi connectivity index (χ1v) is 12.7. The van der Waals surface area contributed by atoms with Crippen molar-refractivity contribution in [3.05, 3.63) is 35.9 Å². The van der Waals surface area contributed by atoms with E-state index >= 15 is 0 Å². The van der Waals surface area contributed by atoms with Gasteiger partial charge in [0.05, 0.1) is 25.0 Å². The summed E-state index contributed by atoms with van der Waals surface area (Å²) in [5, 5.41) is 18.3. The summed E-state index contributed by atoms with van der Waals surface area (Å²) in [5.41, 5.74) is 11.4. The summed E-state index contributed by atoms with van der Waals surface area (Å²) in [6.07, 6.45) is -2.29. The van der Waals surface area contributed by atoms with E-state index in [-0.39, 0.29) is 24.9 Å². The van der Waals surface area contributed by atoms with Crippen molar-refractivity contribution in [2.75, 3.05) is 0 Å². The van der Waals surface area contributed by atoms with E-state index in [1.165, 1.54) is 0 Å². The van der Waals surface area contributed by atoms with Crippen LogP contribution in [0.25, 0.3) is 0 Å². The van der Waals surface area contributed by atoms with E-state index in [1.54, 1.807) is 31.2 Å². The molecule has 0 aliphatic rings. The number of aliphatic hydroxyl groups excluding tert-OH is 1. The molecule has 212 valence electrons. The van der Waals surface area contributed by atoms with Gasteiger partial charge in [-0.25, -0.2) is 4.79 Å². The minimum Gasteiger partial charge on any atom is -0.445 e. The van der Waals surface area contributed by atoms with Crippen molar-refractivity contribution < 1.29 is 33.8 Å². The van der Waals surface area contributed by atoms with Gasteiger partial charge in [0.25, 0.3) is 0 Å². The van der Waals surface area contributed by atoms with Gasteiger partial charge in [-0.2, -0.15) is 0 Å². The first kappa shape index (κ1) is 32.4. The van der Waals surface area contributed by atoms with Gasteiger partial charge in [0.2, 0.25) is 23.6 Å². The highest BCUT2D eigenvalue weighted by atomic mass is 16.5. The van der Waals surface area contributed by atoms with E-state index in [0.29, 0.717) is 6.42 Å². The maximum absolute atomic E-state index is 13.0. The summed E-state index contributed by atoms with van der Waals surface area (Å²) in [6.45, 7) is 7.29. The first-order valence-electron chi connectivity index (χ1n) is 12.7. The standard InChI is InChI=1S/C26H41N5O7/c1-5-16(4)23(24(28)35)31-22(34)13-20(32)18(11-15(2)3)29-25(36)19(12-21(27)33)30-26(37)38-14-17-9-7-6-8-10-17/h6-10,15-16,18-20,23,32H,5,11-14H2,1-4H3,(H2,27,33)(H2,28,35)(H,29,36)(H,30,37)(H,31,34)/t16-,18-,19-,20-,23-/m0/s1. The van der Waals surface area contributed by atoms with Crippen LogP contribution in [0.15, 0.2) is 30.3 Å². The molecule has 0 radical (unpaired) electrons. The average Bonchev–Trinajstić information content (AvgIpc) is 2.84. The molecule has 0 aliphatic heterocycles. The fourth-order valence-electron chi connectivity index (χ4n) is 3.71. The Balaban J connectivity index is 2.87. The Morgan fingerprint density at radius 2 is 1.58 bits per heavy atom. The average molecular weight is 536 g/mol. The Hall–Kier alpha value is -3.67. The van der Waals surface area contributed by atoms with Gasteiger partial charge < -0.3 is 37.3 Å². The lowest BCUT2D eigenvalue weighted by atomic mass is 9.95. The normalized spacial score (nSPS) is 14.9. The van der Waals surface area contributed by atoms with Gasteiger partial charge in [-0.05, 0) is 23.8 Å². The number of nitrogens with two attached hydrogens (primary N) is 2. The number of hydrogen-bond donors (Lipinski definition) is 6. The molecule has 38 heavy (non-hydrogen) atoms. The van der Waals surface area contributed by atoms with Crippen molar-refractivity contribution in [2.45, 2.75) is 84.2 Å². The Morgan fingerprint density at radius 1 is 0.947 bits per heavy atom. The largest absolute Gasteiger partial charge is 0.445 e. The van der Waals surface area contributed by atoms with Crippen LogP contribution in [0.5, 0.6) is 0 Å². The van der Waals surface area contributed by atoms with Crippen LogP contribution >= 0.6 is 0 Å². The monoisotopic (exact) mass is 535 g/mol. The number of amides is 5. The zero-order valence-electron chi connectivity index (χ0n) is 22.4. The van der Waals surface area contributed by atoms with Crippen molar-refractivity contribution in [1.29, 1.82) is 0 Å². The molecule has 5 amide bonds. The fraction of sp³-hybridized carbons (Fsp3) is 0.577. The second-order valence-electron chi connectivity index (χ2n) is 9.78. The lowest BCUT2D eigenvalue weighted by molar-refractivity contribution is -0.131. The van der Waals surface area contributed by atoms with E-state index in [0.717, 1.165) is 5.56 Å². The molecule has 12 heteroatoms. The van der Waals surface area contributed by atoms with Crippen LogP contribution in [-0.2, 0) is 30.5 Å². The Morgan fingerprint density at radius 3 is 2.11 bits per heavy atom. The molecule has 1 rings (SSSR count). The number of aliphatic hydroxyl groups is 1. The molecule has 0 spiro atoms. The predicted octanol–water partition coefficient (Wildman–Crippen LogP) is 0.455. The summed E-state index contributed by atoms with van der Waals surface area (Å²) < 4.78 is 5.12. The molecule has 0 saturated carbocycles. The third-order valence-electron chi connectivity index (χ3n) is 5.97. The quantitative estimate of drug-likeness (QED) is 0.176. The minimum atomic E-state index is -1.36. The first-order chi connectivity index (χ1) is 17.8. The van der Waals surface area contributed by atoms with Gasteiger partial charge in [-0.3, -0.25) is 19.2 Å². The molecule has 0 fully saturated rings. The SMILES string of the molecule is CC[C@H](C)[C@H](NC(=O)C[C@H](O)[C@H](CC(C)C)NC(=O)[C@H](CC(N)=O)NC(=O)OCc1ccccc1)C(N)=O. The molecule has 1 aromatic rings. The Bertz CT molecular complexity index is 941. The van der Waals surface area contributed by atoms with Crippen LogP contribution in [0.2, 0.25) is 0 Å². The van der Waals surface area contributed by atoms with Crippen LogP contribution in [0.3, 0.4) is 0 Å². The van der Waals surface area contributed by atoms with Crippen LogP contribution in [-0.4, -0.2) is 59.1 Å². The summed E-state index contributed by atoms with van der Waals surface area (Å²) in [7, 11) is 0. The molecule has 0 unspecified atom stereocenters. The van der Waals surface area contributed by atoms with Gasteiger partial charge in [0.15, 0.2) is 0 Å². The smallest absolute Gasteiger partial charge is 0.408 e. The lowest BCUT2D eigenvalue weighted by Gasteiger charge is -2.28. The highest BCUT2D eigenvalue weighted by molar-refractivity contribution is 5.91. The molecule has 0 saturated heterocycles. The number of nitrogens with one attached hydrogen (secondary N) is 3. The van der Waals surface area contributed by atoms with Gasteiger partial charge in [-0.15, -0.1) is 0 Å². The molecular formula is C26H41N5O7. The molecule has 8 N–H and O–H groups in total. The number of hydrogen-bond acceptors (Lipinski definition) is 7. The predicted molar refractivity (Wildman–Crippen MR) is 140 cm³/mol. The van der Waals surface area contributed by atoms with E-state index in [9.17, 15) is 29.1 Å². The second-order valence-corrected chi connectivity index (χ2v) is 9.78. The number of primary amides is 2. The summed E-state index contributed by atoms with van der Waals surface area (Å²) >= 11 is 0. The zero-order chi connectivity index (χ0) is 28.8. The molecule has 0 bridgehead atoms. The zero-order valence-corrected chi connectivity index (χ0v) is 22.4. The summed E-state index contributed by atoms with van der Waals surface area (Å²) in [5.74, 6) is -3.11. The van der Waals surface area contributed by atoms with Crippen molar-refractivity contribution in [1.82, 2.24) is 16.0 Å². The third kappa shape index (κ3) is 12.0. The Labute approximate surface area is 223 Å².